The van der Waals surface area contributed by atoms with Crippen molar-refractivity contribution in [2.24, 2.45) is 5.92 Å². The molecule has 0 aliphatic carbocycles. The Kier molecular flexibility index (Phi) is 8.24. The third kappa shape index (κ3) is 5.75. The molecule has 0 atom stereocenters. The van der Waals surface area contributed by atoms with Crippen LogP contribution in [0.3, 0.4) is 0 Å². The van der Waals surface area contributed by atoms with Gasteiger partial charge in [0.2, 0.25) is 6.41 Å². The van der Waals surface area contributed by atoms with Gasteiger partial charge in [-0.25, -0.2) is 0 Å². The van der Waals surface area contributed by atoms with Gasteiger partial charge >= 0.3 is 0 Å². The highest BCUT2D eigenvalue weighted by molar-refractivity contribution is 5.45. The van der Waals surface area contributed by atoms with Crippen molar-refractivity contribution in [2.45, 2.75) is 27.2 Å². The fraction of sp³-hybridized carbons (Fsp3) is 0.727. The fourth-order valence-corrected chi connectivity index (χ4v) is 1.24. The molecule has 0 radical (unpaired) electrons. The number of nitrogens with one attached hydrogen (secondary N) is 2. The molecule has 0 bridgehead atoms. The molecule has 0 spiro atoms. The quantitative estimate of drug-likeness (QED) is 0.397. The van der Waals surface area contributed by atoms with Gasteiger partial charge < -0.3 is 10.6 Å². The third-order valence-electron chi connectivity index (χ3n) is 2.08. The lowest BCUT2D eigenvalue weighted by molar-refractivity contribution is -0.109. The minimum atomic E-state index is 0.723. The summed E-state index contributed by atoms with van der Waals surface area (Å²) in [4.78, 5) is 9.94. The Bertz CT molecular complexity index is 174. The van der Waals surface area contributed by atoms with E-state index in [0.29, 0.717) is 0 Å². The Balaban J connectivity index is 0.000000791. The van der Waals surface area contributed by atoms with Gasteiger partial charge in [-0.15, -0.1) is 0 Å². The predicted molar refractivity (Wildman–Crippen MR) is 60.1 cm³/mol. The summed E-state index contributed by atoms with van der Waals surface area (Å²) in [5, 5.41) is 5.87. The Morgan fingerprint density at radius 3 is 2.57 bits per heavy atom. The summed E-state index contributed by atoms with van der Waals surface area (Å²) >= 11 is 0. The van der Waals surface area contributed by atoms with Gasteiger partial charge in [-0.05, 0) is 13.3 Å². The van der Waals surface area contributed by atoms with Crippen LogP contribution < -0.4 is 10.6 Å². The molecule has 0 unspecified atom stereocenters. The first-order valence-electron chi connectivity index (χ1n) is 5.38. The molecule has 1 fully saturated rings. The Morgan fingerprint density at radius 2 is 2.14 bits per heavy atom. The molecule has 2 N–H and O–H groups in total. The van der Waals surface area contributed by atoms with E-state index in [4.69, 9.17) is 0 Å². The summed E-state index contributed by atoms with van der Waals surface area (Å²) in [5.41, 5.74) is 1.37. The monoisotopic (exact) mass is 198 g/mol. The van der Waals surface area contributed by atoms with Gasteiger partial charge in [0.15, 0.2) is 0 Å². The van der Waals surface area contributed by atoms with Crippen molar-refractivity contribution in [3.63, 3.8) is 0 Å². The minimum absolute atomic E-state index is 0.723. The molecular formula is C11H22N2O. The largest absolute Gasteiger partial charge is 0.358 e. The van der Waals surface area contributed by atoms with Crippen LogP contribution in [0.1, 0.15) is 27.2 Å². The summed E-state index contributed by atoms with van der Waals surface area (Å²) in [5.74, 6) is 0.723. The second-order valence-electron chi connectivity index (χ2n) is 3.25. The Morgan fingerprint density at radius 1 is 1.50 bits per heavy atom. The normalized spacial score (nSPS) is 16.4. The van der Waals surface area contributed by atoms with E-state index in [1.165, 1.54) is 5.57 Å². The van der Waals surface area contributed by atoms with Gasteiger partial charge in [-0.1, -0.05) is 25.5 Å². The zero-order chi connectivity index (χ0) is 10.8. The first-order chi connectivity index (χ1) is 6.83. The van der Waals surface area contributed by atoms with Crippen molar-refractivity contribution in [1.82, 2.24) is 10.6 Å². The van der Waals surface area contributed by atoms with E-state index in [9.17, 15) is 4.79 Å². The fourth-order valence-electron chi connectivity index (χ4n) is 1.24. The second kappa shape index (κ2) is 8.75. The van der Waals surface area contributed by atoms with Crippen molar-refractivity contribution in [2.75, 3.05) is 19.6 Å². The standard InChI is InChI=1S/C9H16N2O.C2H6/c1-8(2-3-10-7-12)4-9-5-11-6-9;1-2/h4,7,9,11H,2-3,5-6H2,1H3,(H,10,12);1-2H3/b8-4-;. The molecule has 0 aromatic carbocycles. The van der Waals surface area contributed by atoms with Gasteiger partial charge in [-0.3, -0.25) is 4.79 Å². The molecule has 82 valence electrons. The lowest BCUT2D eigenvalue weighted by Gasteiger charge is -2.24. The molecule has 0 aromatic rings. The molecule has 0 saturated carbocycles. The number of hydrogen-bond acceptors (Lipinski definition) is 2. The highest BCUT2D eigenvalue weighted by atomic mass is 16.1. The number of rotatable bonds is 5. The van der Waals surface area contributed by atoms with Gasteiger partial charge in [0.1, 0.15) is 0 Å². The minimum Gasteiger partial charge on any atom is -0.358 e. The van der Waals surface area contributed by atoms with Crippen molar-refractivity contribution in [1.29, 1.82) is 0 Å². The van der Waals surface area contributed by atoms with Crippen LogP contribution in [0.5, 0.6) is 0 Å². The molecule has 1 amide bonds. The molecule has 1 aliphatic rings. The molecule has 1 aliphatic heterocycles. The summed E-state index contributed by atoms with van der Waals surface area (Å²) in [6, 6.07) is 0. The molecule has 1 heterocycles. The van der Waals surface area contributed by atoms with Crippen LogP contribution in [0, 0.1) is 5.92 Å². The molecule has 14 heavy (non-hydrogen) atoms. The zero-order valence-electron chi connectivity index (χ0n) is 9.47. The number of hydrogen-bond donors (Lipinski definition) is 2. The maximum atomic E-state index is 9.94. The van der Waals surface area contributed by atoms with Crippen molar-refractivity contribution in [3.8, 4) is 0 Å². The van der Waals surface area contributed by atoms with Crippen LogP contribution >= 0.6 is 0 Å². The number of carbonyl (C=O) groups is 1. The topological polar surface area (TPSA) is 41.1 Å². The van der Waals surface area contributed by atoms with Crippen LogP contribution in [0.2, 0.25) is 0 Å². The summed E-state index contributed by atoms with van der Waals surface area (Å²) in [7, 11) is 0. The summed E-state index contributed by atoms with van der Waals surface area (Å²) in [6.07, 6.45) is 4.01. The summed E-state index contributed by atoms with van der Waals surface area (Å²) in [6.45, 7) is 9.09. The van der Waals surface area contributed by atoms with E-state index in [-0.39, 0.29) is 0 Å². The highest BCUT2D eigenvalue weighted by Crippen LogP contribution is 2.09. The molecule has 3 nitrogen and oxygen atoms in total. The van der Waals surface area contributed by atoms with Gasteiger partial charge in [-0.2, -0.15) is 0 Å². The molecule has 1 saturated heterocycles. The molecule has 1 rings (SSSR count). The van der Waals surface area contributed by atoms with Crippen molar-refractivity contribution >= 4 is 6.41 Å². The molecule has 0 aromatic heterocycles. The average molecular weight is 198 g/mol. The van der Waals surface area contributed by atoms with Crippen LogP contribution in [-0.4, -0.2) is 26.0 Å². The first kappa shape index (κ1) is 13.2. The van der Waals surface area contributed by atoms with Crippen LogP contribution in [0.4, 0.5) is 0 Å². The molecular weight excluding hydrogens is 176 g/mol. The Labute approximate surface area is 87.0 Å². The predicted octanol–water partition coefficient (Wildman–Crippen LogP) is 1.31. The van der Waals surface area contributed by atoms with Crippen molar-refractivity contribution in [3.05, 3.63) is 11.6 Å². The Hall–Kier alpha value is -0.830. The zero-order valence-corrected chi connectivity index (χ0v) is 9.47. The van der Waals surface area contributed by atoms with Gasteiger partial charge in [0.25, 0.3) is 0 Å². The van der Waals surface area contributed by atoms with E-state index in [1.54, 1.807) is 0 Å². The SMILES string of the molecule is C/C(=C/C1CNC1)CCNC=O.CC. The van der Waals surface area contributed by atoms with Crippen LogP contribution in [-0.2, 0) is 4.79 Å². The van der Waals surface area contributed by atoms with E-state index in [2.05, 4.69) is 23.6 Å². The number of amides is 1. The third-order valence-corrected chi connectivity index (χ3v) is 2.08. The van der Waals surface area contributed by atoms with E-state index >= 15 is 0 Å². The average Bonchev–Trinajstić information content (AvgIpc) is 2.15. The summed E-state index contributed by atoms with van der Waals surface area (Å²) < 4.78 is 0. The maximum absolute atomic E-state index is 9.94. The second-order valence-corrected chi connectivity index (χ2v) is 3.25. The smallest absolute Gasteiger partial charge is 0.207 e. The lowest BCUT2D eigenvalue weighted by Crippen LogP contribution is -2.40. The lowest BCUT2D eigenvalue weighted by atomic mass is 9.99. The van der Waals surface area contributed by atoms with Crippen LogP contribution in [0.25, 0.3) is 0 Å². The molecule has 3 heteroatoms. The van der Waals surface area contributed by atoms with E-state index < -0.39 is 0 Å². The first-order valence-corrected chi connectivity index (χ1v) is 5.38. The van der Waals surface area contributed by atoms with Crippen molar-refractivity contribution < 1.29 is 4.79 Å². The highest BCUT2D eigenvalue weighted by Gasteiger charge is 2.13. The van der Waals surface area contributed by atoms with Crippen LogP contribution in [0.15, 0.2) is 11.6 Å². The van der Waals surface area contributed by atoms with Gasteiger partial charge in [0, 0.05) is 25.6 Å². The van der Waals surface area contributed by atoms with E-state index in [1.807, 2.05) is 13.8 Å². The van der Waals surface area contributed by atoms with E-state index in [0.717, 1.165) is 38.4 Å². The van der Waals surface area contributed by atoms with Gasteiger partial charge in [0.05, 0.1) is 0 Å². The number of carbonyl (C=O) groups excluding carboxylic acids is 1. The maximum Gasteiger partial charge on any atom is 0.207 e.